The first-order chi connectivity index (χ1) is 18.1. The van der Waals surface area contributed by atoms with Gasteiger partial charge in [0.25, 0.3) is 17.4 Å². The average molecular weight is 576 g/mol. The lowest BCUT2D eigenvalue weighted by atomic mass is 9.79. The van der Waals surface area contributed by atoms with E-state index in [0.29, 0.717) is 39.4 Å². The second kappa shape index (κ2) is 12.2. The molecule has 0 aromatic carbocycles. The van der Waals surface area contributed by atoms with Crippen LogP contribution in [0.15, 0.2) is 28.0 Å². The van der Waals surface area contributed by atoms with Gasteiger partial charge in [-0.25, -0.2) is 4.98 Å². The quantitative estimate of drug-likeness (QED) is 0.347. The highest BCUT2D eigenvalue weighted by Crippen LogP contribution is 2.34. The molecule has 1 amide bonds. The number of amides is 1. The Balaban J connectivity index is 0.000000983. The lowest BCUT2D eigenvalue weighted by Gasteiger charge is -2.46. The first kappa shape index (κ1) is 30.7. The van der Waals surface area contributed by atoms with Gasteiger partial charge in [-0.1, -0.05) is 30.0 Å². The highest BCUT2D eigenvalue weighted by atomic mass is 32.2. The van der Waals surface area contributed by atoms with Crippen LogP contribution in [0.2, 0.25) is 0 Å². The van der Waals surface area contributed by atoms with Gasteiger partial charge in [0.15, 0.2) is 0 Å². The number of hydrogen-bond acceptors (Lipinski definition) is 9. The minimum Gasteiger partial charge on any atom is -0.481 e. The molecule has 4 rings (SSSR count). The number of fused-ring (bicyclic) bond motifs is 1. The lowest BCUT2D eigenvalue weighted by molar-refractivity contribution is -0.134. The fourth-order valence-electron chi connectivity index (χ4n) is 5.12. The van der Waals surface area contributed by atoms with Crippen LogP contribution in [0.1, 0.15) is 58.6 Å². The fourth-order valence-corrected chi connectivity index (χ4v) is 6.41. The Bertz CT molecular complexity index is 1350. The number of thiocarbonyl (C=S) groups is 1. The van der Waals surface area contributed by atoms with E-state index in [1.807, 2.05) is 19.1 Å². The summed E-state index contributed by atoms with van der Waals surface area (Å²) in [4.78, 5) is 42.5. The highest BCUT2D eigenvalue weighted by Gasteiger charge is 2.38. The van der Waals surface area contributed by atoms with Crippen LogP contribution in [0, 0.1) is 6.92 Å². The standard InChI is InChI=1S/C25H33N5O3S2.C2H4O2/c1-15-7-8-19-27-20(26-16-12-24(2,3)28-25(4,5)13-16)17(21(31)30(19)14-15)11-18-22(32)29(9-10-33-6)23(34)35-18;1-2(3)4/h7-8,11,14,16,26,28H,9-10,12-13H2,1-6H3;1H3,(H,3,4). The van der Waals surface area contributed by atoms with Crippen molar-refractivity contribution in [3.8, 4) is 0 Å². The number of nitrogens with one attached hydrogen (secondary N) is 2. The van der Waals surface area contributed by atoms with Gasteiger partial charge < -0.3 is 20.5 Å². The van der Waals surface area contributed by atoms with Crippen LogP contribution in [0.4, 0.5) is 5.82 Å². The molecule has 12 heteroatoms. The number of aryl methyl sites for hydroxylation is 1. The molecule has 0 spiro atoms. The second-order valence-electron chi connectivity index (χ2n) is 11.1. The number of carboxylic acids is 1. The van der Waals surface area contributed by atoms with Crippen molar-refractivity contribution in [2.45, 2.75) is 71.5 Å². The number of anilines is 1. The Morgan fingerprint density at radius 2 is 1.90 bits per heavy atom. The molecule has 2 aromatic rings. The number of ether oxygens (including phenoxy) is 1. The molecule has 0 atom stereocenters. The number of rotatable bonds is 6. The molecule has 0 aliphatic carbocycles. The van der Waals surface area contributed by atoms with E-state index >= 15 is 0 Å². The minimum absolute atomic E-state index is 0.0770. The number of methoxy groups -OCH3 is 1. The number of thioether (sulfide) groups is 1. The average Bonchev–Trinajstić information content (AvgIpc) is 3.05. The maximum Gasteiger partial charge on any atom is 0.300 e. The molecule has 2 fully saturated rings. The normalized spacial score (nSPS) is 19.8. The molecule has 0 bridgehead atoms. The molecule has 2 aliphatic heterocycles. The van der Waals surface area contributed by atoms with Gasteiger partial charge in [-0.15, -0.1) is 0 Å². The van der Waals surface area contributed by atoms with Crippen LogP contribution >= 0.6 is 24.0 Å². The molecule has 212 valence electrons. The summed E-state index contributed by atoms with van der Waals surface area (Å²) in [5, 5.41) is 14.7. The van der Waals surface area contributed by atoms with Crippen LogP contribution in [-0.4, -0.2) is 73.0 Å². The third-order valence-electron chi connectivity index (χ3n) is 6.20. The molecule has 0 saturated carbocycles. The third-order valence-corrected chi connectivity index (χ3v) is 7.58. The number of nitrogens with zero attached hydrogens (tertiary/aromatic N) is 3. The Labute approximate surface area is 238 Å². The minimum atomic E-state index is -0.833. The zero-order valence-electron chi connectivity index (χ0n) is 23.5. The Kier molecular flexibility index (Phi) is 9.58. The smallest absolute Gasteiger partial charge is 0.300 e. The summed E-state index contributed by atoms with van der Waals surface area (Å²) in [7, 11) is 1.58. The molecule has 2 aliphatic rings. The van der Waals surface area contributed by atoms with Crippen LogP contribution in [-0.2, 0) is 14.3 Å². The number of pyridine rings is 1. The van der Waals surface area contributed by atoms with Crippen molar-refractivity contribution in [3.63, 3.8) is 0 Å². The maximum absolute atomic E-state index is 13.7. The number of carbonyl (C=O) groups is 2. The molecule has 10 nitrogen and oxygen atoms in total. The predicted molar refractivity (Wildman–Crippen MR) is 159 cm³/mol. The largest absolute Gasteiger partial charge is 0.481 e. The summed E-state index contributed by atoms with van der Waals surface area (Å²) in [5.41, 5.74) is 1.48. The zero-order chi connectivity index (χ0) is 29.1. The maximum atomic E-state index is 13.7. The number of aliphatic carboxylic acids is 1. The Morgan fingerprint density at radius 1 is 1.28 bits per heavy atom. The van der Waals surface area contributed by atoms with Crippen molar-refractivity contribution in [2.24, 2.45) is 0 Å². The molecule has 4 heterocycles. The SMILES string of the molecule is CC(=O)O.COCCN1C(=O)C(=Cc2c(NC3CC(C)(C)NC(C)(C)C3)nc3ccc(C)cn3c2=O)SC1=S. The molecular weight excluding hydrogens is 538 g/mol. The van der Waals surface area contributed by atoms with Crippen LogP contribution in [0.25, 0.3) is 11.7 Å². The van der Waals surface area contributed by atoms with Crippen molar-refractivity contribution in [3.05, 3.63) is 44.7 Å². The zero-order valence-corrected chi connectivity index (χ0v) is 25.1. The number of carboxylic acid groups (broad SMARTS) is 1. The lowest BCUT2D eigenvalue weighted by Crippen LogP contribution is -2.60. The molecule has 2 aromatic heterocycles. The van der Waals surface area contributed by atoms with E-state index in [0.717, 1.165) is 25.3 Å². The van der Waals surface area contributed by atoms with E-state index in [1.165, 1.54) is 21.1 Å². The van der Waals surface area contributed by atoms with E-state index in [1.54, 1.807) is 19.4 Å². The summed E-state index contributed by atoms with van der Waals surface area (Å²) in [5.74, 6) is -0.569. The first-order valence-electron chi connectivity index (χ1n) is 12.7. The summed E-state index contributed by atoms with van der Waals surface area (Å²) in [6.07, 6.45) is 5.14. The summed E-state index contributed by atoms with van der Waals surface area (Å²) < 4.78 is 7.10. The van der Waals surface area contributed by atoms with Crippen molar-refractivity contribution < 1.29 is 19.4 Å². The molecular formula is C27H37N5O5S2. The molecule has 3 N–H and O–H groups in total. The third kappa shape index (κ3) is 7.87. The van der Waals surface area contributed by atoms with Gasteiger partial charge >= 0.3 is 0 Å². The molecule has 0 unspecified atom stereocenters. The van der Waals surface area contributed by atoms with Gasteiger partial charge in [-0.05, 0) is 65.2 Å². The number of hydrogen-bond donors (Lipinski definition) is 3. The van der Waals surface area contributed by atoms with Gasteiger partial charge in [0.1, 0.15) is 15.8 Å². The van der Waals surface area contributed by atoms with Gasteiger partial charge in [0.2, 0.25) is 0 Å². The van der Waals surface area contributed by atoms with Crippen molar-refractivity contribution in [1.29, 1.82) is 0 Å². The van der Waals surface area contributed by atoms with Gasteiger partial charge in [-0.3, -0.25) is 23.7 Å². The second-order valence-corrected chi connectivity index (χ2v) is 12.8. The van der Waals surface area contributed by atoms with Crippen molar-refractivity contribution >= 4 is 57.7 Å². The number of aromatic nitrogens is 2. The van der Waals surface area contributed by atoms with E-state index in [-0.39, 0.29) is 28.6 Å². The summed E-state index contributed by atoms with van der Waals surface area (Å²) >= 11 is 6.61. The van der Waals surface area contributed by atoms with E-state index < -0.39 is 5.97 Å². The van der Waals surface area contributed by atoms with E-state index in [4.69, 9.17) is 31.8 Å². The van der Waals surface area contributed by atoms with E-state index in [2.05, 4.69) is 38.3 Å². The number of piperidine rings is 1. The Hall–Kier alpha value is -2.80. The highest BCUT2D eigenvalue weighted by molar-refractivity contribution is 8.26. The first-order valence-corrected chi connectivity index (χ1v) is 13.9. The van der Waals surface area contributed by atoms with Gasteiger partial charge in [0, 0.05) is 37.4 Å². The molecule has 0 radical (unpaired) electrons. The monoisotopic (exact) mass is 575 g/mol. The van der Waals surface area contributed by atoms with Crippen LogP contribution < -0.4 is 16.2 Å². The van der Waals surface area contributed by atoms with Crippen LogP contribution in [0.3, 0.4) is 0 Å². The van der Waals surface area contributed by atoms with Gasteiger partial charge in [-0.2, -0.15) is 0 Å². The fraction of sp³-hybridized carbons (Fsp3) is 0.519. The number of carbonyl (C=O) groups excluding carboxylic acids is 1. The van der Waals surface area contributed by atoms with Crippen molar-refractivity contribution in [2.75, 3.05) is 25.6 Å². The topological polar surface area (TPSA) is 125 Å². The van der Waals surface area contributed by atoms with Gasteiger partial charge in [0.05, 0.1) is 23.6 Å². The summed E-state index contributed by atoms with van der Waals surface area (Å²) in [6, 6.07) is 3.87. The molecule has 2 saturated heterocycles. The summed E-state index contributed by atoms with van der Waals surface area (Å²) in [6.45, 7) is 12.5. The Morgan fingerprint density at radius 3 is 2.49 bits per heavy atom. The predicted octanol–water partition coefficient (Wildman–Crippen LogP) is 3.66. The van der Waals surface area contributed by atoms with E-state index in [9.17, 15) is 9.59 Å². The molecule has 39 heavy (non-hydrogen) atoms. The van der Waals surface area contributed by atoms with Crippen LogP contribution in [0.5, 0.6) is 0 Å². The van der Waals surface area contributed by atoms with Crippen molar-refractivity contribution in [1.82, 2.24) is 19.6 Å².